The summed E-state index contributed by atoms with van der Waals surface area (Å²) < 4.78 is 7.93. The predicted molar refractivity (Wildman–Crippen MR) is 93.7 cm³/mol. The first-order chi connectivity index (χ1) is 12.0. The summed E-state index contributed by atoms with van der Waals surface area (Å²) in [5.41, 5.74) is 3.26. The Hall–Kier alpha value is -2.40. The van der Waals surface area contributed by atoms with Crippen molar-refractivity contribution >= 4 is 11.7 Å². The van der Waals surface area contributed by atoms with Crippen molar-refractivity contribution in [1.29, 1.82) is 0 Å². The van der Waals surface area contributed by atoms with E-state index in [9.17, 15) is 9.59 Å². The Morgan fingerprint density at radius 2 is 2.04 bits per heavy atom. The predicted octanol–water partition coefficient (Wildman–Crippen LogP) is 2.54. The maximum atomic E-state index is 13.0. The Kier molecular flexibility index (Phi) is 3.76. The highest BCUT2D eigenvalue weighted by Crippen LogP contribution is 2.42. The van der Waals surface area contributed by atoms with Gasteiger partial charge in [0.25, 0.3) is 5.91 Å². The Labute approximate surface area is 147 Å². The number of morpholine rings is 1. The van der Waals surface area contributed by atoms with Crippen LogP contribution < -0.4 is 0 Å². The van der Waals surface area contributed by atoms with Crippen LogP contribution in [0.2, 0.25) is 0 Å². The van der Waals surface area contributed by atoms with Crippen LogP contribution in [0.5, 0.6) is 0 Å². The van der Waals surface area contributed by atoms with Crippen LogP contribution in [-0.2, 0) is 23.8 Å². The molecule has 1 atom stereocenters. The Morgan fingerprint density at radius 1 is 1.24 bits per heavy atom. The fourth-order valence-electron chi connectivity index (χ4n) is 4.06. The molecule has 2 aromatic rings. The van der Waals surface area contributed by atoms with Gasteiger partial charge in [-0.1, -0.05) is 24.3 Å². The number of aryl methyl sites for hydroxylation is 2. The zero-order chi connectivity index (χ0) is 17.6. The molecule has 1 saturated heterocycles. The summed E-state index contributed by atoms with van der Waals surface area (Å²) in [7, 11) is 1.81. The fraction of sp³-hybridized carbons (Fsp3) is 0.400. The van der Waals surface area contributed by atoms with E-state index in [4.69, 9.17) is 4.74 Å². The van der Waals surface area contributed by atoms with Gasteiger partial charge in [-0.05, 0) is 37.0 Å². The number of carbonyl (C=O) groups is 2. The van der Waals surface area contributed by atoms with E-state index in [-0.39, 0.29) is 17.3 Å². The lowest BCUT2D eigenvalue weighted by atomic mass is 9.93. The minimum absolute atomic E-state index is 0.0298. The molecule has 1 aromatic carbocycles. The highest BCUT2D eigenvalue weighted by Gasteiger charge is 2.44. The average molecular weight is 338 g/mol. The molecule has 1 aliphatic heterocycles. The minimum Gasteiger partial charge on any atom is -0.367 e. The zero-order valence-corrected chi connectivity index (χ0v) is 14.6. The van der Waals surface area contributed by atoms with Crippen molar-refractivity contribution in [1.82, 2.24) is 9.47 Å². The normalized spacial score (nSPS) is 22.2. The van der Waals surface area contributed by atoms with E-state index in [1.807, 2.05) is 11.0 Å². The number of ether oxygens (including phenoxy) is 1. The average Bonchev–Trinajstić information content (AvgIpc) is 3.17. The molecule has 5 nitrogen and oxygen atoms in total. The van der Waals surface area contributed by atoms with Gasteiger partial charge in [-0.15, -0.1) is 0 Å². The van der Waals surface area contributed by atoms with Gasteiger partial charge in [-0.25, -0.2) is 0 Å². The summed E-state index contributed by atoms with van der Waals surface area (Å²) >= 11 is 0. The summed E-state index contributed by atoms with van der Waals surface area (Å²) in [5.74, 6) is -0.0696. The molecule has 0 radical (unpaired) electrons. The van der Waals surface area contributed by atoms with Gasteiger partial charge >= 0.3 is 0 Å². The number of aromatic nitrogens is 1. The first kappa shape index (κ1) is 16.1. The van der Waals surface area contributed by atoms with Crippen molar-refractivity contribution in [3.8, 4) is 0 Å². The first-order valence-electron chi connectivity index (χ1n) is 8.69. The van der Waals surface area contributed by atoms with E-state index in [1.165, 1.54) is 18.1 Å². The molecule has 130 valence electrons. The minimum atomic E-state index is -0.390. The van der Waals surface area contributed by atoms with Crippen molar-refractivity contribution in [2.24, 2.45) is 7.05 Å². The quantitative estimate of drug-likeness (QED) is 0.791. The topological polar surface area (TPSA) is 51.5 Å². The second-order valence-corrected chi connectivity index (χ2v) is 7.01. The van der Waals surface area contributed by atoms with E-state index >= 15 is 0 Å². The number of rotatable bonds is 2. The number of carbonyl (C=O) groups excluding carboxylic acids is 2. The largest absolute Gasteiger partial charge is 0.367 e. The second kappa shape index (κ2) is 5.85. The number of hydrogen-bond donors (Lipinski definition) is 0. The van der Waals surface area contributed by atoms with Crippen LogP contribution in [0.4, 0.5) is 0 Å². The Bertz CT molecular complexity index is 850. The second-order valence-electron chi connectivity index (χ2n) is 7.01. The van der Waals surface area contributed by atoms with Crippen molar-refractivity contribution in [2.75, 3.05) is 19.7 Å². The van der Waals surface area contributed by atoms with Gasteiger partial charge in [0, 0.05) is 25.4 Å². The monoisotopic (exact) mass is 338 g/mol. The summed E-state index contributed by atoms with van der Waals surface area (Å²) in [6, 6.07) is 10.0. The molecule has 0 unspecified atom stereocenters. The van der Waals surface area contributed by atoms with Crippen LogP contribution in [0.15, 0.2) is 36.5 Å². The number of Topliss-reactive ketones (excluding diaryl/α,β-unsaturated/α-hetero) is 1. The molecule has 5 heteroatoms. The third-order valence-electron chi connectivity index (χ3n) is 5.41. The molecule has 1 amide bonds. The zero-order valence-electron chi connectivity index (χ0n) is 14.6. The summed E-state index contributed by atoms with van der Waals surface area (Å²) in [4.78, 5) is 26.5. The van der Waals surface area contributed by atoms with E-state index < -0.39 is 0 Å². The number of benzene rings is 1. The molecule has 2 aliphatic rings. The fourth-order valence-corrected chi connectivity index (χ4v) is 4.06. The lowest BCUT2D eigenvalue weighted by Crippen LogP contribution is -2.51. The molecule has 4 rings (SSSR count). The van der Waals surface area contributed by atoms with Crippen molar-refractivity contribution in [2.45, 2.75) is 25.4 Å². The van der Waals surface area contributed by atoms with Crippen LogP contribution in [0.3, 0.4) is 0 Å². The van der Waals surface area contributed by atoms with E-state index in [0.29, 0.717) is 31.0 Å². The van der Waals surface area contributed by atoms with Crippen LogP contribution >= 0.6 is 0 Å². The molecule has 2 heterocycles. The first-order valence-corrected chi connectivity index (χ1v) is 8.69. The molecule has 0 N–H and O–H groups in total. The molecule has 1 aliphatic carbocycles. The standard InChI is InChI=1S/C20H22N2O3/c1-14(23)16-11-18(21(2)12-16)19(24)22-9-10-25-20(13-22)8-7-15-5-3-4-6-17(15)20/h3-6,11-12H,7-10,13H2,1-2H3/t20-/m1/s1. The SMILES string of the molecule is CC(=O)c1cc(C(=O)N2CCO[C@]3(CCc4ccccc43)C2)n(C)c1. The molecule has 1 fully saturated rings. The number of nitrogens with zero attached hydrogens (tertiary/aromatic N) is 2. The van der Waals surface area contributed by atoms with E-state index in [0.717, 1.165) is 12.8 Å². The van der Waals surface area contributed by atoms with Crippen LogP contribution in [0.1, 0.15) is 45.3 Å². The number of fused-ring (bicyclic) bond motifs is 2. The number of ketones is 1. The highest BCUT2D eigenvalue weighted by molar-refractivity contribution is 5.99. The molecule has 1 aromatic heterocycles. The summed E-state index contributed by atoms with van der Waals surface area (Å²) in [5, 5.41) is 0. The number of amides is 1. The highest BCUT2D eigenvalue weighted by atomic mass is 16.5. The van der Waals surface area contributed by atoms with E-state index in [2.05, 4.69) is 18.2 Å². The maximum Gasteiger partial charge on any atom is 0.270 e. The van der Waals surface area contributed by atoms with Gasteiger partial charge in [-0.3, -0.25) is 9.59 Å². The molecular formula is C20H22N2O3. The van der Waals surface area contributed by atoms with Crippen molar-refractivity contribution in [3.05, 3.63) is 58.9 Å². The van der Waals surface area contributed by atoms with Crippen LogP contribution in [-0.4, -0.2) is 40.9 Å². The maximum absolute atomic E-state index is 13.0. The summed E-state index contributed by atoms with van der Waals surface area (Å²) in [6.07, 6.45) is 3.61. The van der Waals surface area contributed by atoms with Gasteiger partial charge in [0.05, 0.1) is 13.2 Å². The smallest absolute Gasteiger partial charge is 0.270 e. The van der Waals surface area contributed by atoms with Gasteiger partial charge in [0.15, 0.2) is 5.78 Å². The Balaban J connectivity index is 1.62. The van der Waals surface area contributed by atoms with Crippen molar-refractivity contribution < 1.29 is 14.3 Å². The lowest BCUT2D eigenvalue weighted by molar-refractivity contribution is -0.104. The Morgan fingerprint density at radius 3 is 2.80 bits per heavy atom. The molecule has 25 heavy (non-hydrogen) atoms. The molecule has 0 bridgehead atoms. The van der Waals surface area contributed by atoms with Gasteiger partial charge < -0.3 is 14.2 Å². The van der Waals surface area contributed by atoms with E-state index in [1.54, 1.807) is 23.9 Å². The third kappa shape index (κ3) is 2.59. The molecule has 1 spiro atoms. The molecular weight excluding hydrogens is 316 g/mol. The van der Waals surface area contributed by atoms with Crippen LogP contribution in [0, 0.1) is 0 Å². The van der Waals surface area contributed by atoms with Crippen LogP contribution in [0.25, 0.3) is 0 Å². The van der Waals surface area contributed by atoms with Gasteiger partial charge in [0.1, 0.15) is 11.3 Å². The van der Waals surface area contributed by atoms with Gasteiger partial charge in [-0.2, -0.15) is 0 Å². The number of hydrogen-bond acceptors (Lipinski definition) is 3. The third-order valence-corrected chi connectivity index (χ3v) is 5.41. The van der Waals surface area contributed by atoms with Crippen molar-refractivity contribution in [3.63, 3.8) is 0 Å². The van der Waals surface area contributed by atoms with Gasteiger partial charge in [0.2, 0.25) is 0 Å². The molecule has 0 saturated carbocycles. The summed E-state index contributed by atoms with van der Waals surface area (Å²) in [6.45, 7) is 3.18. The lowest BCUT2D eigenvalue weighted by Gasteiger charge is -2.41.